The summed E-state index contributed by atoms with van der Waals surface area (Å²) in [6, 6.07) is -4.57. The first kappa shape index (κ1) is 31.4. The van der Waals surface area contributed by atoms with E-state index in [9.17, 15) is 29.1 Å². The molecular weight excluding hydrogens is 492 g/mol. The molecule has 0 aromatic heterocycles. The van der Waals surface area contributed by atoms with Crippen LogP contribution in [-0.2, 0) is 24.0 Å². The molecule has 0 rings (SSSR count). The summed E-state index contributed by atoms with van der Waals surface area (Å²) >= 11 is 4.35. The first-order chi connectivity index (χ1) is 15.6. The van der Waals surface area contributed by atoms with Crippen LogP contribution in [0.3, 0.4) is 0 Å². The van der Waals surface area contributed by atoms with Crippen molar-refractivity contribution < 1.29 is 34.2 Å². The van der Waals surface area contributed by atoms with E-state index in [4.69, 9.17) is 10.8 Å². The minimum absolute atomic E-state index is 0.189. The topological polar surface area (TPSA) is 188 Å². The van der Waals surface area contributed by atoms with Gasteiger partial charge in [-0.05, 0) is 55.3 Å². The summed E-state index contributed by atoms with van der Waals surface area (Å²) in [6.07, 6.45) is 5.51. The van der Waals surface area contributed by atoms with Gasteiger partial charge in [-0.3, -0.25) is 19.2 Å². The van der Waals surface area contributed by atoms with E-state index >= 15 is 0 Å². The van der Waals surface area contributed by atoms with Gasteiger partial charge in [-0.15, -0.1) is 0 Å². The van der Waals surface area contributed by atoms with Crippen molar-refractivity contribution in [2.45, 2.75) is 49.9 Å². The number of rotatable bonds is 18. The summed E-state index contributed by atoms with van der Waals surface area (Å²) < 4.78 is 0. The van der Waals surface area contributed by atoms with Crippen molar-refractivity contribution in [2.24, 2.45) is 5.73 Å². The number of aliphatic carboxylic acids is 2. The molecule has 190 valence electrons. The molecule has 0 fully saturated rings. The van der Waals surface area contributed by atoms with Crippen LogP contribution in [0.15, 0.2) is 0 Å². The molecular formula is C19H34N4O7S3. The lowest BCUT2D eigenvalue weighted by molar-refractivity contribution is -0.143. The van der Waals surface area contributed by atoms with E-state index in [0.717, 1.165) is 0 Å². The number of carbonyl (C=O) groups excluding carboxylic acids is 3. The smallest absolute Gasteiger partial charge is 0.326 e. The first-order valence-electron chi connectivity index (χ1n) is 10.1. The lowest BCUT2D eigenvalue weighted by Crippen LogP contribution is -2.57. The Labute approximate surface area is 206 Å². The fourth-order valence-corrected chi connectivity index (χ4v) is 4.01. The number of hydrogen-bond donors (Lipinski definition) is 6. The zero-order valence-electron chi connectivity index (χ0n) is 19.0. The van der Waals surface area contributed by atoms with E-state index in [1.807, 2.05) is 12.5 Å². The molecule has 3 amide bonds. The fraction of sp³-hybridized carbons (Fsp3) is 0.737. The maximum absolute atomic E-state index is 12.8. The van der Waals surface area contributed by atoms with E-state index in [2.05, 4.69) is 16.0 Å². The van der Waals surface area contributed by atoms with Crippen molar-refractivity contribution in [1.29, 1.82) is 0 Å². The van der Waals surface area contributed by atoms with Crippen molar-refractivity contribution in [2.75, 3.05) is 36.0 Å². The standard InChI is InChI=1S/C19H34N4O7S3/c1-31-7-4-11(20)16(26)23-14(10-15(24)25)18(28)21-12(5-8-32-2)17(27)22-13(19(29)30)6-9-33-3/h11-14H,4-10,20H2,1-3H3,(H,21,28)(H,22,27)(H,23,26)(H,24,25)(H,29,30). The van der Waals surface area contributed by atoms with Gasteiger partial charge in [0.1, 0.15) is 18.1 Å². The molecule has 0 radical (unpaired) electrons. The summed E-state index contributed by atoms with van der Waals surface area (Å²) in [5.74, 6) is -3.12. The predicted octanol–water partition coefficient (Wildman–Crippen LogP) is -0.413. The maximum atomic E-state index is 12.8. The Balaban J connectivity index is 5.39. The normalized spacial score (nSPS) is 14.4. The maximum Gasteiger partial charge on any atom is 0.326 e. The quantitative estimate of drug-likeness (QED) is 0.136. The molecule has 0 saturated carbocycles. The van der Waals surface area contributed by atoms with E-state index in [-0.39, 0.29) is 12.8 Å². The van der Waals surface area contributed by atoms with Crippen LogP contribution in [0.1, 0.15) is 25.7 Å². The lowest BCUT2D eigenvalue weighted by atomic mass is 10.1. The van der Waals surface area contributed by atoms with Gasteiger partial charge in [0.05, 0.1) is 12.5 Å². The molecule has 33 heavy (non-hydrogen) atoms. The summed E-state index contributed by atoms with van der Waals surface area (Å²) in [7, 11) is 0. The van der Waals surface area contributed by atoms with Crippen LogP contribution < -0.4 is 21.7 Å². The van der Waals surface area contributed by atoms with Crippen LogP contribution in [0.25, 0.3) is 0 Å². The number of carboxylic acids is 2. The SMILES string of the molecule is CSCCC(N)C(=O)NC(CC(=O)O)C(=O)NC(CCSC)C(=O)NC(CCSC)C(=O)O. The highest BCUT2D eigenvalue weighted by Crippen LogP contribution is 2.07. The van der Waals surface area contributed by atoms with E-state index < -0.39 is 60.2 Å². The molecule has 0 bridgehead atoms. The largest absolute Gasteiger partial charge is 0.481 e. The van der Waals surface area contributed by atoms with Crippen LogP contribution in [-0.4, -0.2) is 100 Å². The van der Waals surface area contributed by atoms with Crippen molar-refractivity contribution in [3.05, 3.63) is 0 Å². The van der Waals surface area contributed by atoms with E-state index in [1.54, 1.807) is 6.26 Å². The number of nitrogens with two attached hydrogens (primary N) is 1. The number of carbonyl (C=O) groups is 5. The molecule has 11 nitrogen and oxygen atoms in total. The van der Waals surface area contributed by atoms with Gasteiger partial charge in [-0.2, -0.15) is 35.3 Å². The molecule has 0 spiro atoms. The number of hydrogen-bond acceptors (Lipinski definition) is 9. The summed E-state index contributed by atoms with van der Waals surface area (Å²) in [5, 5.41) is 25.7. The molecule has 0 aromatic rings. The molecule has 7 N–H and O–H groups in total. The Bertz CT molecular complexity index is 669. The number of thioether (sulfide) groups is 3. The van der Waals surface area contributed by atoms with Gasteiger partial charge in [-0.1, -0.05) is 0 Å². The summed E-state index contributed by atoms with van der Waals surface area (Å²) in [5.41, 5.74) is 5.79. The van der Waals surface area contributed by atoms with Gasteiger partial charge in [0.25, 0.3) is 0 Å². The average molecular weight is 527 g/mol. The highest BCUT2D eigenvalue weighted by Gasteiger charge is 2.31. The molecule has 0 heterocycles. The van der Waals surface area contributed by atoms with Gasteiger partial charge in [0.15, 0.2) is 0 Å². The Morgan fingerprint density at radius 3 is 1.61 bits per heavy atom. The van der Waals surface area contributed by atoms with E-state index in [1.165, 1.54) is 35.3 Å². The lowest BCUT2D eigenvalue weighted by Gasteiger charge is -2.24. The third-order valence-corrected chi connectivity index (χ3v) is 6.38. The number of amides is 3. The molecule has 0 aliphatic heterocycles. The van der Waals surface area contributed by atoms with Crippen LogP contribution in [0.4, 0.5) is 0 Å². The van der Waals surface area contributed by atoms with Crippen LogP contribution in [0, 0.1) is 0 Å². The monoisotopic (exact) mass is 526 g/mol. The molecule has 14 heteroatoms. The second-order valence-corrected chi connectivity index (χ2v) is 10.0. The number of nitrogens with one attached hydrogen (secondary N) is 3. The molecule has 0 saturated heterocycles. The van der Waals surface area contributed by atoms with Gasteiger partial charge in [0, 0.05) is 0 Å². The van der Waals surface area contributed by atoms with Crippen LogP contribution in [0.2, 0.25) is 0 Å². The highest BCUT2D eigenvalue weighted by molar-refractivity contribution is 7.98. The van der Waals surface area contributed by atoms with E-state index in [0.29, 0.717) is 23.7 Å². The van der Waals surface area contributed by atoms with Gasteiger partial charge < -0.3 is 31.9 Å². The first-order valence-corrected chi connectivity index (χ1v) is 14.3. The van der Waals surface area contributed by atoms with Gasteiger partial charge in [-0.25, -0.2) is 4.79 Å². The Hall–Kier alpha value is -1.64. The zero-order valence-corrected chi connectivity index (χ0v) is 21.4. The summed E-state index contributed by atoms with van der Waals surface area (Å²) in [6.45, 7) is 0. The fourth-order valence-electron chi connectivity index (χ4n) is 2.58. The van der Waals surface area contributed by atoms with Crippen molar-refractivity contribution in [3.8, 4) is 0 Å². The molecule has 0 aliphatic carbocycles. The Morgan fingerprint density at radius 2 is 1.12 bits per heavy atom. The zero-order chi connectivity index (χ0) is 25.4. The van der Waals surface area contributed by atoms with Crippen LogP contribution >= 0.6 is 35.3 Å². The Morgan fingerprint density at radius 1 is 0.697 bits per heavy atom. The minimum Gasteiger partial charge on any atom is -0.481 e. The van der Waals surface area contributed by atoms with Gasteiger partial charge >= 0.3 is 11.9 Å². The van der Waals surface area contributed by atoms with Crippen molar-refractivity contribution >= 4 is 64.9 Å². The second kappa shape index (κ2) is 17.8. The Kier molecular flexibility index (Phi) is 16.9. The predicted molar refractivity (Wildman–Crippen MR) is 133 cm³/mol. The molecule has 0 aromatic carbocycles. The third-order valence-electron chi connectivity index (χ3n) is 4.45. The minimum atomic E-state index is -1.44. The molecule has 4 unspecified atom stereocenters. The van der Waals surface area contributed by atoms with Crippen molar-refractivity contribution in [3.63, 3.8) is 0 Å². The van der Waals surface area contributed by atoms with Gasteiger partial charge in [0.2, 0.25) is 17.7 Å². The van der Waals surface area contributed by atoms with Crippen molar-refractivity contribution in [1.82, 2.24) is 16.0 Å². The number of carboxylic acid groups (broad SMARTS) is 2. The second-order valence-electron chi connectivity index (χ2n) is 7.07. The van der Waals surface area contributed by atoms with Crippen LogP contribution in [0.5, 0.6) is 0 Å². The average Bonchev–Trinajstić information content (AvgIpc) is 2.76. The third kappa shape index (κ3) is 13.6. The highest BCUT2D eigenvalue weighted by atomic mass is 32.2. The molecule has 0 aliphatic rings. The molecule has 4 atom stereocenters. The summed E-state index contributed by atoms with van der Waals surface area (Å²) in [4.78, 5) is 60.5.